The van der Waals surface area contributed by atoms with E-state index in [0.717, 1.165) is 23.3 Å². The van der Waals surface area contributed by atoms with Crippen LogP contribution in [0.15, 0.2) is 29.2 Å². The molecule has 0 bridgehead atoms. The highest BCUT2D eigenvalue weighted by Gasteiger charge is 2.35. The zero-order valence-corrected chi connectivity index (χ0v) is 16.0. The van der Waals surface area contributed by atoms with Gasteiger partial charge in [-0.05, 0) is 32.0 Å². The van der Waals surface area contributed by atoms with Crippen LogP contribution in [0, 0.1) is 0 Å². The summed E-state index contributed by atoms with van der Waals surface area (Å²) in [5.74, 6) is 0. The van der Waals surface area contributed by atoms with Crippen molar-refractivity contribution < 1.29 is 8.42 Å². The van der Waals surface area contributed by atoms with Crippen molar-refractivity contribution in [2.75, 3.05) is 0 Å². The van der Waals surface area contributed by atoms with Gasteiger partial charge in [-0.2, -0.15) is 0 Å². The summed E-state index contributed by atoms with van der Waals surface area (Å²) in [6.45, 7) is 12.2. The zero-order chi connectivity index (χ0) is 16.3. The molecule has 0 heterocycles. The van der Waals surface area contributed by atoms with E-state index in [1.807, 2.05) is 39.0 Å². The van der Waals surface area contributed by atoms with Crippen molar-refractivity contribution in [1.82, 2.24) is 4.72 Å². The maximum atomic E-state index is 12.8. The van der Waals surface area contributed by atoms with Crippen molar-refractivity contribution in [2.45, 2.75) is 70.1 Å². The fraction of sp³-hybridized carbons (Fsp3) is 0.625. The molecule has 1 aromatic rings. The normalized spacial score (nSPS) is 13.4. The van der Waals surface area contributed by atoms with E-state index < -0.39 is 23.6 Å². The number of sulfonamides is 1. The van der Waals surface area contributed by atoms with Crippen LogP contribution < -0.4 is 9.91 Å². The Morgan fingerprint density at radius 1 is 1.00 bits per heavy atom. The van der Waals surface area contributed by atoms with Gasteiger partial charge in [-0.1, -0.05) is 57.1 Å². The van der Waals surface area contributed by atoms with E-state index in [-0.39, 0.29) is 0 Å². The molecule has 3 nitrogen and oxygen atoms in total. The van der Waals surface area contributed by atoms with E-state index in [1.54, 1.807) is 6.07 Å². The lowest BCUT2D eigenvalue weighted by Gasteiger charge is -2.31. The van der Waals surface area contributed by atoms with Crippen molar-refractivity contribution in [3.8, 4) is 0 Å². The fourth-order valence-corrected chi connectivity index (χ4v) is 9.20. The molecular formula is C16H29NO2SSi. The molecular weight excluding hydrogens is 298 g/mol. The summed E-state index contributed by atoms with van der Waals surface area (Å²) in [4.78, 5) is 0.483. The van der Waals surface area contributed by atoms with Gasteiger partial charge in [0.15, 0.2) is 0 Å². The Morgan fingerprint density at radius 3 is 1.90 bits per heavy atom. The van der Waals surface area contributed by atoms with Gasteiger partial charge in [-0.3, -0.25) is 0 Å². The van der Waals surface area contributed by atoms with Crippen molar-refractivity contribution in [3.05, 3.63) is 24.3 Å². The summed E-state index contributed by atoms with van der Waals surface area (Å²) in [5.41, 5.74) is -0.471. The Kier molecular flexibility index (Phi) is 5.81. The summed E-state index contributed by atoms with van der Waals surface area (Å²) in [7, 11) is -5.22. The molecule has 0 amide bonds. The molecule has 0 aliphatic carbocycles. The van der Waals surface area contributed by atoms with E-state index >= 15 is 0 Å². The average molecular weight is 328 g/mol. The van der Waals surface area contributed by atoms with Crippen molar-refractivity contribution in [2.24, 2.45) is 0 Å². The molecule has 21 heavy (non-hydrogen) atoms. The number of hydrogen-bond donors (Lipinski definition) is 1. The fourth-order valence-electron chi connectivity index (χ4n) is 2.92. The van der Waals surface area contributed by atoms with Crippen LogP contribution in [0.3, 0.4) is 0 Å². The first-order valence-electron chi connectivity index (χ1n) is 7.75. The third kappa shape index (κ3) is 4.17. The Hall–Kier alpha value is -0.653. The SMILES string of the molecule is CC[Si](CC)(CC)c1ccccc1S(=O)(=O)NC(C)(C)C. The van der Waals surface area contributed by atoms with Crippen molar-refractivity contribution >= 4 is 23.3 Å². The van der Waals surface area contributed by atoms with Crippen LogP contribution in [0.1, 0.15) is 41.5 Å². The Morgan fingerprint density at radius 2 is 1.48 bits per heavy atom. The van der Waals surface area contributed by atoms with Crippen molar-refractivity contribution in [3.63, 3.8) is 0 Å². The van der Waals surface area contributed by atoms with Crippen LogP contribution in [-0.2, 0) is 10.0 Å². The molecule has 5 heteroatoms. The van der Waals surface area contributed by atoms with Crippen molar-refractivity contribution in [1.29, 1.82) is 0 Å². The van der Waals surface area contributed by atoms with Crippen LogP contribution in [-0.4, -0.2) is 22.0 Å². The predicted molar refractivity (Wildman–Crippen MR) is 93.3 cm³/mol. The molecule has 0 atom stereocenters. The second-order valence-corrected chi connectivity index (χ2v) is 13.6. The predicted octanol–water partition coefficient (Wildman–Crippen LogP) is 3.48. The molecule has 0 radical (unpaired) electrons. The van der Waals surface area contributed by atoms with Crippen LogP contribution in [0.25, 0.3) is 0 Å². The minimum atomic E-state index is -3.48. The first-order chi connectivity index (χ1) is 9.62. The smallest absolute Gasteiger partial charge is 0.207 e. The minimum absolute atomic E-state index is 0.471. The molecule has 0 fully saturated rings. The van der Waals surface area contributed by atoms with Crippen LogP contribution >= 0.6 is 0 Å². The molecule has 0 aromatic heterocycles. The van der Waals surface area contributed by atoms with Crippen LogP contribution in [0.5, 0.6) is 0 Å². The van der Waals surface area contributed by atoms with E-state index in [1.165, 1.54) is 0 Å². The van der Waals surface area contributed by atoms with Crippen LogP contribution in [0.4, 0.5) is 0 Å². The molecule has 0 saturated carbocycles. The number of benzene rings is 1. The third-order valence-electron chi connectivity index (χ3n) is 4.22. The van der Waals surface area contributed by atoms with Gasteiger partial charge in [0, 0.05) is 5.54 Å². The lowest BCUT2D eigenvalue weighted by molar-refractivity contribution is 0.492. The Labute approximate surface area is 131 Å². The zero-order valence-electron chi connectivity index (χ0n) is 14.2. The molecule has 0 unspecified atom stereocenters. The summed E-state index contributed by atoms with van der Waals surface area (Å²) >= 11 is 0. The maximum Gasteiger partial charge on any atom is 0.240 e. The third-order valence-corrected chi connectivity index (χ3v) is 11.9. The molecule has 120 valence electrons. The molecule has 1 rings (SSSR count). The van der Waals surface area contributed by atoms with Gasteiger partial charge in [-0.15, -0.1) is 0 Å². The first-order valence-corrected chi connectivity index (χ1v) is 11.9. The van der Waals surface area contributed by atoms with Crippen LogP contribution in [0.2, 0.25) is 18.1 Å². The highest BCUT2D eigenvalue weighted by Crippen LogP contribution is 2.24. The number of rotatable bonds is 6. The lowest BCUT2D eigenvalue weighted by atomic mass is 10.1. The quantitative estimate of drug-likeness (QED) is 0.813. The molecule has 0 aliphatic heterocycles. The minimum Gasteiger partial charge on any atom is -0.207 e. The molecule has 0 aliphatic rings. The lowest BCUT2D eigenvalue weighted by Crippen LogP contribution is -2.50. The summed E-state index contributed by atoms with van der Waals surface area (Å²) in [6.07, 6.45) is 0. The number of hydrogen-bond acceptors (Lipinski definition) is 2. The summed E-state index contributed by atoms with van der Waals surface area (Å²) < 4.78 is 28.3. The second kappa shape index (κ2) is 6.63. The molecule has 1 aromatic carbocycles. The van der Waals surface area contributed by atoms with E-state index in [2.05, 4.69) is 25.5 Å². The molecule has 1 N–H and O–H groups in total. The highest BCUT2D eigenvalue weighted by atomic mass is 32.2. The highest BCUT2D eigenvalue weighted by molar-refractivity contribution is 7.89. The van der Waals surface area contributed by atoms with Gasteiger partial charge >= 0.3 is 0 Å². The first kappa shape index (κ1) is 18.4. The standard InChI is InChI=1S/C16H29NO2SSi/c1-7-21(8-2,9-3)15-13-11-10-12-14(15)20(18,19)17-16(4,5)6/h10-13,17H,7-9H2,1-6H3. The van der Waals surface area contributed by atoms with Gasteiger partial charge in [0.05, 0.1) is 13.0 Å². The van der Waals surface area contributed by atoms with E-state index in [0.29, 0.717) is 4.90 Å². The van der Waals surface area contributed by atoms with E-state index in [9.17, 15) is 8.42 Å². The number of nitrogens with one attached hydrogen (secondary N) is 1. The van der Waals surface area contributed by atoms with Gasteiger partial charge in [-0.25, -0.2) is 13.1 Å². The van der Waals surface area contributed by atoms with E-state index in [4.69, 9.17) is 0 Å². The van der Waals surface area contributed by atoms with Gasteiger partial charge in [0.2, 0.25) is 10.0 Å². The topological polar surface area (TPSA) is 46.2 Å². The summed E-state index contributed by atoms with van der Waals surface area (Å²) in [5, 5.41) is 1.08. The molecule has 0 spiro atoms. The van der Waals surface area contributed by atoms with Gasteiger partial charge in [0.1, 0.15) is 0 Å². The monoisotopic (exact) mass is 327 g/mol. The Bertz CT molecular complexity index is 564. The maximum absolute atomic E-state index is 12.8. The summed E-state index contributed by atoms with van der Waals surface area (Å²) in [6, 6.07) is 10.8. The largest absolute Gasteiger partial charge is 0.240 e. The Balaban J connectivity index is 3.47. The second-order valence-electron chi connectivity index (χ2n) is 6.69. The molecule has 0 saturated heterocycles. The average Bonchev–Trinajstić information content (AvgIpc) is 2.39. The van der Waals surface area contributed by atoms with Gasteiger partial charge in [0.25, 0.3) is 0 Å². The van der Waals surface area contributed by atoms with Gasteiger partial charge < -0.3 is 0 Å².